The lowest BCUT2D eigenvalue weighted by Gasteiger charge is -2.19. The summed E-state index contributed by atoms with van der Waals surface area (Å²) in [4.78, 5) is 23.6. The Morgan fingerprint density at radius 2 is 1.76 bits per heavy atom. The second-order valence-electron chi connectivity index (χ2n) is 9.54. The van der Waals surface area contributed by atoms with Crippen molar-refractivity contribution in [2.24, 2.45) is 0 Å². The number of benzene rings is 1. The molecule has 0 saturated heterocycles. The molecule has 0 aliphatic rings. The highest BCUT2D eigenvalue weighted by atomic mass is 79.9. The van der Waals surface area contributed by atoms with Gasteiger partial charge in [0.2, 0.25) is 11.9 Å². The predicted molar refractivity (Wildman–Crippen MR) is 147 cm³/mol. The first-order chi connectivity index (χ1) is 17.9. The molecular formula is C26H31BrFN5O4S. The highest BCUT2D eigenvalue weighted by Crippen LogP contribution is 2.30. The highest BCUT2D eigenvalue weighted by molar-refractivity contribution is 9.10. The number of carbonyl (C=O) groups is 1. The Labute approximate surface area is 230 Å². The summed E-state index contributed by atoms with van der Waals surface area (Å²) in [5.41, 5.74) is 1.92. The molecule has 0 fully saturated rings. The number of nitrogens with zero attached hydrogens (tertiary/aromatic N) is 3. The summed E-state index contributed by atoms with van der Waals surface area (Å²) >= 11 is 3.47. The average molecular weight is 609 g/mol. The normalized spacial score (nSPS) is 11.7. The first kappa shape index (κ1) is 29.4. The third-order valence-corrected chi connectivity index (χ3v) is 7.06. The van der Waals surface area contributed by atoms with Crippen LogP contribution in [0.15, 0.2) is 58.2 Å². The smallest absolute Gasteiger partial charge is 0.407 e. The van der Waals surface area contributed by atoms with E-state index in [9.17, 15) is 17.6 Å². The van der Waals surface area contributed by atoms with E-state index in [-0.39, 0.29) is 5.95 Å². The molecule has 204 valence electrons. The van der Waals surface area contributed by atoms with Crippen LogP contribution in [-0.4, -0.2) is 41.6 Å². The molecule has 0 bridgehead atoms. The monoisotopic (exact) mass is 607 g/mol. The molecule has 12 heteroatoms. The molecule has 3 aromatic rings. The summed E-state index contributed by atoms with van der Waals surface area (Å²) in [5, 5.41) is 2.30. The van der Waals surface area contributed by atoms with Gasteiger partial charge < -0.3 is 10.1 Å². The van der Waals surface area contributed by atoms with E-state index in [1.54, 1.807) is 0 Å². The van der Waals surface area contributed by atoms with Gasteiger partial charge >= 0.3 is 6.09 Å². The number of hydrogen-bond donors (Lipinski definition) is 2. The van der Waals surface area contributed by atoms with Crippen molar-refractivity contribution < 1.29 is 22.3 Å². The number of anilines is 1. The molecule has 0 atom stereocenters. The van der Waals surface area contributed by atoms with Crippen LogP contribution in [0.2, 0.25) is 0 Å². The molecule has 0 radical (unpaired) electrons. The number of hydrogen-bond acceptors (Lipinski definition) is 7. The van der Waals surface area contributed by atoms with Crippen molar-refractivity contribution >= 4 is 38.0 Å². The predicted octanol–water partition coefficient (Wildman–Crippen LogP) is 5.87. The Kier molecular flexibility index (Phi) is 10.1. The van der Waals surface area contributed by atoms with Crippen LogP contribution in [0.5, 0.6) is 0 Å². The summed E-state index contributed by atoms with van der Waals surface area (Å²) in [5.74, 6) is -1.06. The first-order valence-electron chi connectivity index (χ1n) is 12.2. The molecule has 38 heavy (non-hydrogen) atoms. The number of alkyl carbamates (subject to hydrolysis) is 1. The van der Waals surface area contributed by atoms with E-state index in [4.69, 9.17) is 4.74 Å². The maximum atomic E-state index is 13.4. The number of pyridine rings is 1. The maximum Gasteiger partial charge on any atom is 0.407 e. The van der Waals surface area contributed by atoms with E-state index >= 15 is 0 Å². The highest BCUT2D eigenvalue weighted by Gasteiger charge is 2.20. The van der Waals surface area contributed by atoms with Gasteiger partial charge in [0, 0.05) is 18.3 Å². The number of carbonyl (C=O) groups excluding carboxylic acids is 1. The van der Waals surface area contributed by atoms with Crippen molar-refractivity contribution in [3.63, 3.8) is 0 Å². The fraction of sp³-hybridized carbons (Fsp3) is 0.385. The van der Waals surface area contributed by atoms with Crippen molar-refractivity contribution in [3.05, 3.63) is 64.6 Å². The van der Waals surface area contributed by atoms with E-state index in [0.29, 0.717) is 16.7 Å². The lowest BCUT2D eigenvalue weighted by atomic mass is 9.98. The summed E-state index contributed by atoms with van der Waals surface area (Å²) in [6, 6.07) is 11.3. The maximum absolute atomic E-state index is 13.4. The van der Waals surface area contributed by atoms with Crippen molar-refractivity contribution in [3.8, 4) is 11.3 Å². The minimum Gasteiger partial charge on any atom is -0.444 e. The molecule has 9 nitrogen and oxygen atoms in total. The van der Waals surface area contributed by atoms with Crippen molar-refractivity contribution in [1.82, 2.24) is 20.3 Å². The van der Waals surface area contributed by atoms with E-state index in [2.05, 4.69) is 40.9 Å². The number of aromatic nitrogens is 3. The molecule has 0 aliphatic carbocycles. The summed E-state index contributed by atoms with van der Waals surface area (Å²) < 4.78 is 46.8. The molecule has 3 rings (SSSR count). The van der Waals surface area contributed by atoms with E-state index in [1.165, 1.54) is 18.3 Å². The Morgan fingerprint density at radius 3 is 2.50 bits per heavy atom. The van der Waals surface area contributed by atoms with Gasteiger partial charge in [-0.25, -0.2) is 24.5 Å². The summed E-state index contributed by atoms with van der Waals surface area (Å²) in [7, 11) is -4.17. The number of unbranched alkanes of at least 4 members (excludes halogenated alkanes) is 3. The molecule has 0 spiro atoms. The third kappa shape index (κ3) is 9.02. The number of nitrogens with one attached hydrogen (secondary N) is 2. The second-order valence-corrected chi connectivity index (χ2v) is 12.0. The van der Waals surface area contributed by atoms with Crippen LogP contribution in [0.3, 0.4) is 0 Å². The largest absolute Gasteiger partial charge is 0.444 e. The molecule has 2 N–H and O–H groups in total. The van der Waals surface area contributed by atoms with E-state index in [1.807, 2.05) is 45.0 Å². The van der Waals surface area contributed by atoms with Gasteiger partial charge in [0.1, 0.15) is 5.60 Å². The van der Waals surface area contributed by atoms with Crippen LogP contribution < -0.4 is 10.0 Å². The molecule has 0 aliphatic heterocycles. The fourth-order valence-corrected chi connectivity index (χ4v) is 4.90. The van der Waals surface area contributed by atoms with Gasteiger partial charge in [-0.3, -0.25) is 0 Å². The minimum absolute atomic E-state index is 0.151. The van der Waals surface area contributed by atoms with E-state index in [0.717, 1.165) is 49.3 Å². The molecule has 0 saturated carbocycles. The van der Waals surface area contributed by atoms with Crippen LogP contribution in [0, 0.1) is 5.95 Å². The minimum atomic E-state index is -4.17. The lowest BCUT2D eigenvalue weighted by Crippen LogP contribution is -2.32. The van der Waals surface area contributed by atoms with Gasteiger partial charge in [-0.2, -0.15) is 12.8 Å². The SMILES string of the molecule is CC(C)(C)OC(=O)NCCCCCCc1ccccc1-c1nc(NS(=O)(=O)c2cccc(F)n2)ncc1Br. The Balaban J connectivity index is 1.61. The zero-order valence-corrected chi connectivity index (χ0v) is 23.9. The topological polar surface area (TPSA) is 123 Å². The zero-order chi connectivity index (χ0) is 27.8. The molecule has 1 aromatic carbocycles. The van der Waals surface area contributed by atoms with Crippen molar-refractivity contribution in [2.45, 2.75) is 63.5 Å². The number of amides is 1. The average Bonchev–Trinajstić information content (AvgIpc) is 2.84. The Morgan fingerprint density at radius 1 is 1.03 bits per heavy atom. The van der Waals surface area contributed by atoms with Crippen LogP contribution in [0.1, 0.15) is 52.0 Å². The second kappa shape index (κ2) is 13.1. The summed E-state index contributed by atoms with van der Waals surface area (Å²) in [6.45, 7) is 6.04. The number of sulfonamides is 1. The molecule has 2 aromatic heterocycles. The van der Waals surface area contributed by atoms with Gasteiger partial charge in [-0.1, -0.05) is 43.2 Å². The van der Waals surface area contributed by atoms with Gasteiger partial charge in [-0.15, -0.1) is 0 Å². The standard InChI is InChI=1S/C26H31BrFN5O4S/c1-26(2,3)37-25(34)29-16-9-5-4-6-11-18-12-7-8-13-19(18)23-20(27)17-30-24(32-23)33-38(35,36)22-15-10-14-21(28)31-22/h7-8,10,12-15,17H,4-6,9,11,16H2,1-3H3,(H,29,34)(H,30,32,33). The molecule has 0 unspecified atom stereocenters. The lowest BCUT2D eigenvalue weighted by molar-refractivity contribution is 0.0527. The van der Waals surface area contributed by atoms with Crippen molar-refractivity contribution in [2.75, 3.05) is 11.3 Å². The number of aryl methyl sites for hydroxylation is 1. The fourth-order valence-electron chi connectivity index (χ4n) is 3.58. The molecule has 2 heterocycles. The third-order valence-electron chi connectivity index (χ3n) is 5.25. The van der Waals surface area contributed by atoms with Gasteiger partial charge in [0.15, 0.2) is 5.03 Å². The van der Waals surface area contributed by atoms with Crippen LogP contribution in [0.25, 0.3) is 11.3 Å². The van der Waals surface area contributed by atoms with Gasteiger partial charge in [-0.05, 0) is 73.7 Å². The summed E-state index contributed by atoms with van der Waals surface area (Å²) in [6.07, 6.45) is 5.55. The van der Waals surface area contributed by atoms with E-state index < -0.39 is 32.7 Å². The van der Waals surface area contributed by atoms with Gasteiger partial charge in [0.25, 0.3) is 10.0 Å². The number of ether oxygens (including phenoxy) is 1. The van der Waals surface area contributed by atoms with Crippen molar-refractivity contribution in [1.29, 1.82) is 0 Å². The number of rotatable bonds is 11. The van der Waals surface area contributed by atoms with Crippen LogP contribution in [-0.2, 0) is 21.2 Å². The Bertz CT molecular complexity index is 1370. The van der Waals surface area contributed by atoms with Crippen LogP contribution in [0.4, 0.5) is 15.1 Å². The Hall–Kier alpha value is -3.12. The first-order valence-corrected chi connectivity index (χ1v) is 14.5. The number of halogens is 2. The van der Waals surface area contributed by atoms with Gasteiger partial charge in [0.05, 0.1) is 10.2 Å². The molecular weight excluding hydrogens is 577 g/mol. The van der Waals surface area contributed by atoms with Crippen LogP contribution >= 0.6 is 15.9 Å². The molecule has 1 amide bonds. The zero-order valence-electron chi connectivity index (χ0n) is 21.5. The quantitative estimate of drug-likeness (QED) is 0.206.